The third-order valence-electron chi connectivity index (χ3n) is 7.57. The summed E-state index contributed by atoms with van der Waals surface area (Å²) in [5.74, 6) is 2.88. The standard InChI is InChI=1S/C27H36N6O2/c28-25(29)5-3-1-2-4-18-6-9-21(10-7-18)33-17-24-26(32-27(33)34)31-22-16-20(8-11-23(22)35-24)19-12-14-30-15-13-19/h8,11-12,16-18,21,30H,1-7,9-10,13-15H2,(H3,28,29)(H,31,32,34). The minimum atomic E-state index is -0.215. The van der Waals surface area contributed by atoms with Crippen molar-refractivity contribution < 1.29 is 4.74 Å². The maximum Gasteiger partial charge on any atom is 0.350 e. The van der Waals surface area contributed by atoms with Crippen LogP contribution in [0.15, 0.2) is 35.3 Å². The molecule has 5 rings (SSSR count). The van der Waals surface area contributed by atoms with Crippen molar-refractivity contribution >= 4 is 22.9 Å². The van der Waals surface area contributed by atoms with Crippen molar-refractivity contribution in [2.24, 2.45) is 11.7 Å². The zero-order valence-electron chi connectivity index (χ0n) is 20.3. The molecule has 0 atom stereocenters. The van der Waals surface area contributed by atoms with Gasteiger partial charge in [0.1, 0.15) is 0 Å². The quantitative estimate of drug-likeness (QED) is 0.204. The predicted molar refractivity (Wildman–Crippen MR) is 140 cm³/mol. The molecule has 0 unspecified atom stereocenters. The summed E-state index contributed by atoms with van der Waals surface area (Å²) in [5, 5.41) is 14.0. The molecule has 1 aliphatic carbocycles. The van der Waals surface area contributed by atoms with Crippen LogP contribution < -0.4 is 26.8 Å². The molecule has 35 heavy (non-hydrogen) atoms. The van der Waals surface area contributed by atoms with E-state index in [1.165, 1.54) is 24.0 Å². The molecule has 5 N–H and O–H groups in total. The summed E-state index contributed by atoms with van der Waals surface area (Å²) in [6.45, 7) is 1.88. The van der Waals surface area contributed by atoms with E-state index in [4.69, 9.17) is 15.9 Å². The van der Waals surface area contributed by atoms with Crippen LogP contribution in [0.1, 0.15) is 75.8 Å². The van der Waals surface area contributed by atoms with Gasteiger partial charge in [0.15, 0.2) is 17.3 Å². The maximum absolute atomic E-state index is 12.9. The second-order valence-electron chi connectivity index (χ2n) is 10.1. The lowest BCUT2D eigenvalue weighted by Crippen LogP contribution is -2.30. The molecule has 1 saturated carbocycles. The number of amidine groups is 1. The van der Waals surface area contributed by atoms with Gasteiger partial charge in [0.05, 0.1) is 17.7 Å². The molecule has 8 nitrogen and oxygen atoms in total. The lowest BCUT2D eigenvalue weighted by molar-refractivity contribution is 0.252. The molecular formula is C27H36N6O2. The lowest BCUT2D eigenvalue weighted by Gasteiger charge is -2.30. The van der Waals surface area contributed by atoms with Crippen LogP contribution in [0.4, 0.5) is 11.5 Å². The van der Waals surface area contributed by atoms with Gasteiger partial charge in [-0.3, -0.25) is 9.98 Å². The molecule has 1 aromatic carbocycles. The van der Waals surface area contributed by atoms with Crippen molar-refractivity contribution in [1.82, 2.24) is 14.9 Å². The van der Waals surface area contributed by atoms with Crippen molar-refractivity contribution in [3.05, 3.63) is 46.5 Å². The molecular weight excluding hydrogens is 440 g/mol. The summed E-state index contributed by atoms with van der Waals surface area (Å²) in [6, 6.07) is 6.37. The maximum atomic E-state index is 12.9. The highest BCUT2D eigenvalue weighted by molar-refractivity contribution is 5.78. The van der Waals surface area contributed by atoms with E-state index in [9.17, 15) is 4.79 Å². The van der Waals surface area contributed by atoms with Crippen LogP contribution >= 0.6 is 0 Å². The number of nitrogens with one attached hydrogen (secondary N) is 3. The van der Waals surface area contributed by atoms with Gasteiger partial charge in [-0.05, 0) is 74.3 Å². The van der Waals surface area contributed by atoms with Gasteiger partial charge < -0.3 is 21.1 Å². The zero-order valence-corrected chi connectivity index (χ0v) is 20.3. The second kappa shape index (κ2) is 10.6. The number of fused-ring (bicyclic) bond motifs is 2. The number of benzene rings is 1. The predicted octanol–water partition coefficient (Wildman–Crippen LogP) is 5.09. The van der Waals surface area contributed by atoms with E-state index in [1.807, 2.05) is 12.3 Å². The fourth-order valence-electron chi connectivity index (χ4n) is 5.56. The first-order valence-electron chi connectivity index (χ1n) is 13.0. The highest BCUT2D eigenvalue weighted by Crippen LogP contribution is 2.42. The Labute approximate surface area is 206 Å². The van der Waals surface area contributed by atoms with Crippen molar-refractivity contribution in [3.8, 4) is 11.5 Å². The van der Waals surface area contributed by atoms with E-state index >= 15 is 0 Å². The highest BCUT2D eigenvalue weighted by Gasteiger charge is 2.26. The van der Waals surface area contributed by atoms with E-state index in [1.54, 1.807) is 4.57 Å². The summed E-state index contributed by atoms with van der Waals surface area (Å²) in [7, 11) is 0. The zero-order chi connectivity index (χ0) is 24.2. The monoisotopic (exact) mass is 476 g/mol. The van der Waals surface area contributed by atoms with E-state index < -0.39 is 0 Å². The average molecular weight is 477 g/mol. The minimum absolute atomic E-state index is 0.175. The van der Waals surface area contributed by atoms with Gasteiger partial charge >= 0.3 is 5.69 Å². The highest BCUT2D eigenvalue weighted by atomic mass is 16.5. The topological polar surface area (TPSA) is 118 Å². The summed E-state index contributed by atoms with van der Waals surface area (Å²) in [5.41, 5.74) is 8.57. The van der Waals surface area contributed by atoms with Crippen LogP contribution in [0.2, 0.25) is 0 Å². The Bertz CT molecular complexity index is 1160. The number of anilines is 2. The van der Waals surface area contributed by atoms with Crippen LogP contribution in [0.5, 0.6) is 11.5 Å². The molecule has 3 aliphatic rings. The Morgan fingerprint density at radius 3 is 2.80 bits per heavy atom. The van der Waals surface area contributed by atoms with E-state index in [-0.39, 0.29) is 17.6 Å². The lowest BCUT2D eigenvalue weighted by atomic mass is 9.83. The minimum Gasteiger partial charge on any atom is -0.450 e. The van der Waals surface area contributed by atoms with E-state index in [0.29, 0.717) is 18.0 Å². The molecule has 2 aliphatic heterocycles. The third-order valence-corrected chi connectivity index (χ3v) is 7.57. The largest absolute Gasteiger partial charge is 0.450 e. The molecule has 8 heteroatoms. The van der Waals surface area contributed by atoms with Gasteiger partial charge in [-0.2, -0.15) is 4.98 Å². The summed E-state index contributed by atoms with van der Waals surface area (Å²) in [6.07, 6.45) is 14.6. The summed E-state index contributed by atoms with van der Waals surface area (Å²) >= 11 is 0. The van der Waals surface area contributed by atoms with Gasteiger partial charge in [0.25, 0.3) is 0 Å². The molecule has 1 fully saturated rings. The van der Waals surface area contributed by atoms with Crippen molar-refractivity contribution in [1.29, 1.82) is 5.41 Å². The van der Waals surface area contributed by atoms with Gasteiger partial charge in [0, 0.05) is 19.0 Å². The molecule has 0 spiro atoms. The first-order valence-corrected chi connectivity index (χ1v) is 13.0. The van der Waals surface area contributed by atoms with Gasteiger partial charge in [-0.15, -0.1) is 0 Å². The van der Waals surface area contributed by atoms with Crippen molar-refractivity contribution in [3.63, 3.8) is 0 Å². The third kappa shape index (κ3) is 5.59. The van der Waals surface area contributed by atoms with E-state index in [0.717, 1.165) is 75.4 Å². The van der Waals surface area contributed by atoms with Crippen LogP contribution in [0, 0.1) is 11.3 Å². The van der Waals surface area contributed by atoms with Crippen LogP contribution in [-0.2, 0) is 0 Å². The van der Waals surface area contributed by atoms with Crippen LogP contribution in [-0.4, -0.2) is 28.5 Å². The Balaban J connectivity index is 1.21. The number of hydrogen-bond donors (Lipinski definition) is 4. The van der Waals surface area contributed by atoms with E-state index in [2.05, 4.69) is 33.8 Å². The number of aromatic nitrogens is 2. The normalized spacial score (nSPS) is 21.2. The Morgan fingerprint density at radius 1 is 1.17 bits per heavy atom. The molecule has 0 saturated heterocycles. The van der Waals surface area contributed by atoms with Crippen LogP contribution in [0.3, 0.4) is 0 Å². The molecule has 0 amide bonds. The Kier molecular flexibility index (Phi) is 7.18. The molecule has 0 radical (unpaired) electrons. The summed E-state index contributed by atoms with van der Waals surface area (Å²) in [4.78, 5) is 17.3. The number of nitrogens with zero attached hydrogens (tertiary/aromatic N) is 2. The molecule has 0 bridgehead atoms. The number of hydrogen-bond acceptors (Lipinski definition) is 6. The smallest absolute Gasteiger partial charge is 0.350 e. The molecule has 3 heterocycles. The van der Waals surface area contributed by atoms with Gasteiger partial charge in [-0.25, -0.2) is 4.79 Å². The van der Waals surface area contributed by atoms with Crippen molar-refractivity contribution in [2.45, 2.75) is 70.3 Å². The SMILES string of the molecule is N=C(N)CCCCCC1CCC(n2cc3c(nc2=O)Nc2cc(C4=CCNCC4)ccc2O3)CC1. The second-order valence-corrected chi connectivity index (χ2v) is 10.1. The van der Waals surface area contributed by atoms with Crippen LogP contribution in [0.25, 0.3) is 5.57 Å². The molecule has 1 aromatic heterocycles. The van der Waals surface area contributed by atoms with Crippen molar-refractivity contribution in [2.75, 3.05) is 18.4 Å². The van der Waals surface area contributed by atoms with Gasteiger partial charge in [0.2, 0.25) is 0 Å². The fraction of sp³-hybridized carbons (Fsp3) is 0.519. The first kappa shape index (κ1) is 23.6. The fourth-order valence-corrected chi connectivity index (χ4v) is 5.56. The number of ether oxygens (including phenoxy) is 1. The number of nitrogens with two attached hydrogens (primary N) is 1. The Morgan fingerprint density at radius 2 is 2.03 bits per heavy atom. The average Bonchev–Trinajstić information content (AvgIpc) is 2.87. The first-order chi connectivity index (χ1) is 17.1. The molecule has 2 aromatic rings. The Hall–Kier alpha value is -3.13. The number of unbranched alkanes of at least 4 members (excludes halogenated alkanes) is 2. The number of rotatable bonds is 8. The molecule has 186 valence electrons. The summed E-state index contributed by atoms with van der Waals surface area (Å²) < 4.78 is 7.96. The van der Waals surface area contributed by atoms with Gasteiger partial charge in [-0.1, -0.05) is 31.4 Å².